The number of sulfonamides is 1. The minimum atomic E-state index is -3.47. The second-order valence-corrected chi connectivity index (χ2v) is 7.10. The van der Waals surface area contributed by atoms with E-state index in [1.807, 2.05) is 0 Å². The van der Waals surface area contributed by atoms with E-state index in [0.29, 0.717) is 24.4 Å². The summed E-state index contributed by atoms with van der Waals surface area (Å²) in [4.78, 5) is 8.90. The Morgan fingerprint density at radius 1 is 1.53 bits per heavy atom. The Kier molecular flexibility index (Phi) is 4.35. The van der Waals surface area contributed by atoms with Crippen LogP contribution in [0.25, 0.3) is 0 Å². The number of nitrogens with zero attached hydrogens (tertiary/aromatic N) is 1. The van der Waals surface area contributed by atoms with E-state index in [-0.39, 0.29) is 0 Å². The molecular formula is C11H16N4O2S2. The van der Waals surface area contributed by atoms with Crippen molar-refractivity contribution in [1.82, 2.24) is 14.7 Å². The summed E-state index contributed by atoms with van der Waals surface area (Å²) >= 11 is 1.41. The summed E-state index contributed by atoms with van der Waals surface area (Å²) in [6.45, 7) is 2.45. The van der Waals surface area contributed by atoms with E-state index in [4.69, 9.17) is 5.73 Å². The number of imidazole rings is 1. The third-order valence-corrected chi connectivity index (χ3v) is 5.41. The Bertz CT molecular complexity index is 632. The van der Waals surface area contributed by atoms with Crippen LogP contribution < -0.4 is 10.5 Å². The summed E-state index contributed by atoms with van der Waals surface area (Å²) in [5.41, 5.74) is 5.52. The van der Waals surface area contributed by atoms with Crippen LogP contribution >= 0.6 is 11.3 Å². The van der Waals surface area contributed by atoms with E-state index in [1.165, 1.54) is 11.3 Å². The van der Waals surface area contributed by atoms with Gasteiger partial charge in [-0.2, -0.15) is 0 Å². The number of aromatic nitrogens is 2. The van der Waals surface area contributed by atoms with Gasteiger partial charge in [-0.15, -0.1) is 11.3 Å². The molecular weight excluding hydrogens is 284 g/mol. The molecule has 0 bridgehead atoms. The highest BCUT2D eigenvalue weighted by molar-refractivity contribution is 7.89. The lowest BCUT2D eigenvalue weighted by atomic mass is 10.4. The van der Waals surface area contributed by atoms with Gasteiger partial charge in [-0.1, -0.05) is 0 Å². The summed E-state index contributed by atoms with van der Waals surface area (Å²) in [6.07, 6.45) is 3.87. The Morgan fingerprint density at radius 3 is 2.89 bits per heavy atom. The third kappa shape index (κ3) is 3.41. The molecule has 0 aliphatic rings. The Hall–Kier alpha value is -1.22. The average Bonchev–Trinajstić information content (AvgIpc) is 2.98. The molecule has 4 N–H and O–H groups in total. The van der Waals surface area contributed by atoms with Crippen molar-refractivity contribution < 1.29 is 8.42 Å². The van der Waals surface area contributed by atoms with Gasteiger partial charge >= 0.3 is 0 Å². The van der Waals surface area contributed by atoms with Crippen LogP contribution in [0.1, 0.15) is 15.6 Å². The van der Waals surface area contributed by atoms with Gasteiger partial charge in [0.05, 0.1) is 4.90 Å². The molecule has 0 radical (unpaired) electrons. The number of aromatic amines is 1. The van der Waals surface area contributed by atoms with E-state index >= 15 is 0 Å². The predicted molar refractivity (Wildman–Crippen MR) is 74.4 cm³/mol. The maximum absolute atomic E-state index is 12.1. The van der Waals surface area contributed by atoms with Crippen LogP contribution in [0.4, 0.5) is 0 Å². The van der Waals surface area contributed by atoms with Crippen molar-refractivity contribution in [2.24, 2.45) is 5.73 Å². The zero-order chi connectivity index (χ0) is 13.9. The second kappa shape index (κ2) is 5.83. The molecule has 0 amide bonds. The van der Waals surface area contributed by atoms with Gasteiger partial charge in [-0.05, 0) is 13.0 Å². The van der Waals surface area contributed by atoms with Gasteiger partial charge in [0.25, 0.3) is 0 Å². The van der Waals surface area contributed by atoms with Crippen LogP contribution in [0.5, 0.6) is 0 Å². The fourth-order valence-electron chi connectivity index (χ4n) is 1.71. The van der Waals surface area contributed by atoms with Gasteiger partial charge in [0, 0.05) is 41.7 Å². The number of nitrogens with one attached hydrogen (secondary N) is 2. The smallest absolute Gasteiger partial charge is 0.241 e. The number of thiophene rings is 1. The minimum Gasteiger partial charge on any atom is -0.349 e. The predicted octanol–water partition coefficient (Wildman–Crippen LogP) is 0.759. The molecule has 0 spiro atoms. The monoisotopic (exact) mass is 300 g/mol. The number of hydrogen-bond acceptors (Lipinski definition) is 5. The Labute approximate surface area is 116 Å². The number of rotatable bonds is 6. The molecule has 0 aliphatic heterocycles. The maximum atomic E-state index is 12.1. The van der Waals surface area contributed by atoms with Crippen molar-refractivity contribution in [3.63, 3.8) is 0 Å². The van der Waals surface area contributed by atoms with Crippen LogP contribution in [0.3, 0.4) is 0 Å². The first-order valence-corrected chi connectivity index (χ1v) is 8.10. The molecule has 0 aliphatic carbocycles. The van der Waals surface area contributed by atoms with Gasteiger partial charge in [-0.3, -0.25) is 0 Å². The van der Waals surface area contributed by atoms with Crippen LogP contribution in [-0.4, -0.2) is 24.9 Å². The van der Waals surface area contributed by atoms with Crippen molar-refractivity contribution in [2.45, 2.75) is 24.8 Å². The topological polar surface area (TPSA) is 101 Å². The summed E-state index contributed by atoms with van der Waals surface area (Å²) in [5, 5.41) is 0. The average molecular weight is 300 g/mol. The van der Waals surface area contributed by atoms with Crippen molar-refractivity contribution in [1.29, 1.82) is 0 Å². The quantitative estimate of drug-likeness (QED) is 0.733. The van der Waals surface area contributed by atoms with E-state index in [1.54, 1.807) is 25.4 Å². The molecule has 8 heteroatoms. The van der Waals surface area contributed by atoms with Crippen molar-refractivity contribution in [3.8, 4) is 0 Å². The molecule has 104 valence electrons. The molecule has 2 heterocycles. The summed E-state index contributed by atoms with van der Waals surface area (Å²) < 4.78 is 26.8. The first-order valence-electron chi connectivity index (χ1n) is 5.80. The SMILES string of the molecule is Cc1sc(CN)cc1S(=O)(=O)NCCc1ncc[nH]1. The van der Waals surface area contributed by atoms with Gasteiger partial charge < -0.3 is 10.7 Å². The van der Waals surface area contributed by atoms with Gasteiger partial charge in [0.15, 0.2) is 0 Å². The summed E-state index contributed by atoms with van der Waals surface area (Å²) in [7, 11) is -3.47. The standard InChI is InChI=1S/C11H16N4O2S2/c1-8-10(6-9(7-12)18-8)19(16,17)15-3-2-11-13-4-5-14-11/h4-6,15H,2-3,7,12H2,1H3,(H,13,14). The molecule has 0 saturated carbocycles. The second-order valence-electron chi connectivity index (χ2n) is 4.02. The largest absolute Gasteiger partial charge is 0.349 e. The van der Waals surface area contributed by atoms with Crippen LogP contribution in [0.15, 0.2) is 23.4 Å². The highest BCUT2D eigenvalue weighted by Gasteiger charge is 2.19. The fourth-order valence-corrected chi connectivity index (χ4v) is 4.25. The normalized spacial score (nSPS) is 11.9. The van der Waals surface area contributed by atoms with Crippen molar-refractivity contribution in [3.05, 3.63) is 34.0 Å². The number of hydrogen-bond donors (Lipinski definition) is 3. The third-order valence-electron chi connectivity index (χ3n) is 2.62. The van der Waals surface area contributed by atoms with Crippen molar-refractivity contribution in [2.75, 3.05) is 6.54 Å². The minimum absolute atomic E-state index is 0.309. The van der Waals surface area contributed by atoms with E-state index in [9.17, 15) is 8.42 Å². The highest BCUT2D eigenvalue weighted by Crippen LogP contribution is 2.25. The van der Waals surface area contributed by atoms with Crippen molar-refractivity contribution >= 4 is 21.4 Å². The maximum Gasteiger partial charge on any atom is 0.241 e. The lowest BCUT2D eigenvalue weighted by Crippen LogP contribution is -2.26. The van der Waals surface area contributed by atoms with Gasteiger partial charge in [-0.25, -0.2) is 18.1 Å². The van der Waals surface area contributed by atoms with Crippen LogP contribution in [0.2, 0.25) is 0 Å². The number of aryl methyl sites for hydroxylation is 1. The molecule has 0 fully saturated rings. The molecule has 0 aromatic carbocycles. The highest BCUT2D eigenvalue weighted by atomic mass is 32.2. The molecule has 0 saturated heterocycles. The lowest BCUT2D eigenvalue weighted by molar-refractivity contribution is 0.581. The first kappa shape index (κ1) is 14.2. The fraction of sp³-hybridized carbons (Fsp3) is 0.364. The lowest BCUT2D eigenvalue weighted by Gasteiger charge is -2.05. The summed E-state index contributed by atoms with van der Waals surface area (Å²) in [6, 6.07) is 1.63. The van der Waals surface area contributed by atoms with Gasteiger partial charge in [0.2, 0.25) is 10.0 Å². The van der Waals surface area contributed by atoms with E-state index in [2.05, 4.69) is 14.7 Å². The Balaban J connectivity index is 2.03. The Morgan fingerprint density at radius 2 is 2.32 bits per heavy atom. The number of H-pyrrole nitrogens is 1. The van der Waals surface area contributed by atoms with Gasteiger partial charge in [0.1, 0.15) is 5.82 Å². The molecule has 0 unspecified atom stereocenters. The molecule has 6 nitrogen and oxygen atoms in total. The summed E-state index contributed by atoms with van der Waals surface area (Å²) in [5.74, 6) is 0.757. The number of nitrogens with two attached hydrogens (primary N) is 1. The van der Waals surface area contributed by atoms with Crippen LogP contribution in [-0.2, 0) is 23.0 Å². The first-order chi connectivity index (χ1) is 9.03. The molecule has 2 rings (SSSR count). The van der Waals surface area contributed by atoms with Crippen LogP contribution in [0, 0.1) is 6.92 Å². The zero-order valence-electron chi connectivity index (χ0n) is 10.5. The molecule has 0 atom stereocenters. The van der Waals surface area contributed by atoms with E-state index in [0.717, 1.165) is 15.6 Å². The van der Waals surface area contributed by atoms with E-state index < -0.39 is 10.0 Å². The molecule has 2 aromatic heterocycles. The molecule has 19 heavy (non-hydrogen) atoms. The molecule has 2 aromatic rings. The zero-order valence-corrected chi connectivity index (χ0v) is 12.1.